The predicted molar refractivity (Wildman–Crippen MR) is 160 cm³/mol. The first-order chi connectivity index (χ1) is 20.5. The van der Waals surface area contributed by atoms with E-state index in [0.29, 0.717) is 35.1 Å². The van der Waals surface area contributed by atoms with Crippen LogP contribution in [-0.4, -0.2) is 87.5 Å². The summed E-state index contributed by atoms with van der Waals surface area (Å²) in [6, 6.07) is 9.35. The fraction of sp³-hybridized carbons (Fsp3) is 0.516. The Balaban J connectivity index is 1.28. The van der Waals surface area contributed by atoms with Crippen LogP contribution in [0.25, 0.3) is 16.9 Å². The first kappa shape index (κ1) is 30.4. The first-order valence-corrected chi connectivity index (χ1v) is 14.8. The predicted octanol–water partition coefficient (Wildman–Crippen LogP) is 2.76. The molecule has 4 N–H and O–H groups in total. The van der Waals surface area contributed by atoms with Crippen molar-refractivity contribution in [2.75, 3.05) is 38.5 Å². The molecule has 12 heteroatoms. The molecular formula is C31H39FN8O3. The highest BCUT2D eigenvalue weighted by atomic mass is 19.1. The Kier molecular flexibility index (Phi) is 8.94. The first-order valence-electron chi connectivity index (χ1n) is 14.8. The van der Waals surface area contributed by atoms with Gasteiger partial charge in [-0.1, -0.05) is 0 Å². The van der Waals surface area contributed by atoms with Crippen molar-refractivity contribution >= 4 is 23.0 Å². The maximum atomic E-state index is 14.4. The van der Waals surface area contributed by atoms with Gasteiger partial charge in [-0.05, 0) is 89.9 Å². The number of carbonyl (C=O) groups is 2. The SMILES string of the molecule is CN1CCC(C(=O)NCC2CC(Nc3cc(-c4ccc5cc(C#N)cnn45)ncc3C(=O)NCC(F)C(C)(C)O)C2)CC1. The molecule has 2 aliphatic rings. The number of fused-ring (bicyclic) bond motifs is 1. The van der Waals surface area contributed by atoms with Crippen molar-refractivity contribution in [3.05, 3.63) is 47.8 Å². The molecule has 1 unspecified atom stereocenters. The lowest BCUT2D eigenvalue weighted by molar-refractivity contribution is -0.126. The van der Waals surface area contributed by atoms with Gasteiger partial charge in [-0.2, -0.15) is 10.4 Å². The number of aromatic nitrogens is 3. The van der Waals surface area contributed by atoms with E-state index < -0.39 is 17.7 Å². The molecule has 3 aromatic rings. The van der Waals surface area contributed by atoms with Crippen molar-refractivity contribution in [3.63, 3.8) is 0 Å². The molecule has 2 fully saturated rings. The number of rotatable bonds is 10. The highest BCUT2D eigenvalue weighted by Gasteiger charge is 2.32. The van der Waals surface area contributed by atoms with E-state index >= 15 is 0 Å². The quantitative estimate of drug-likeness (QED) is 0.282. The lowest BCUT2D eigenvalue weighted by atomic mass is 9.80. The molecule has 0 radical (unpaired) electrons. The van der Waals surface area contributed by atoms with Gasteiger partial charge >= 0.3 is 0 Å². The number of pyridine rings is 1. The van der Waals surface area contributed by atoms with E-state index in [2.05, 4.69) is 44.0 Å². The zero-order valence-corrected chi connectivity index (χ0v) is 24.8. The molecule has 0 bridgehead atoms. The smallest absolute Gasteiger partial charge is 0.255 e. The molecule has 1 atom stereocenters. The van der Waals surface area contributed by atoms with Crippen LogP contribution in [0.5, 0.6) is 0 Å². The largest absolute Gasteiger partial charge is 0.387 e. The number of amides is 2. The number of hydrogen-bond acceptors (Lipinski definition) is 8. The van der Waals surface area contributed by atoms with Crippen LogP contribution in [0.2, 0.25) is 0 Å². The minimum Gasteiger partial charge on any atom is -0.387 e. The molecule has 2 amide bonds. The van der Waals surface area contributed by atoms with E-state index in [1.54, 1.807) is 16.6 Å². The molecule has 1 saturated carbocycles. The normalized spacial score (nSPS) is 20.2. The number of nitrogens with one attached hydrogen (secondary N) is 3. The third-order valence-electron chi connectivity index (χ3n) is 8.50. The van der Waals surface area contributed by atoms with Gasteiger partial charge in [0.05, 0.1) is 52.1 Å². The maximum Gasteiger partial charge on any atom is 0.255 e. The topological polar surface area (TPSA) is 148 Å². The van der Waals surface area contributed by atoms with Crippen molar-refractivity contribution in [3.8, 4) is 17.5 Å². The standard InChI is InChI=1S/C31H39FN8O3/c1-31(2,43)28(32)18-36-30(42)24-17-34-26(27-5-4-23-12-20(14-33)16-37-40(23)27)13-25(24)38-22-10-19(11-22)15-35-29(41)21-6-8-39(3)9-7-21/h4-5,12-13,16-17,19,21-22,28,43H,6-11,15,18H2,1-3H3,(H,34,38)(H,35,41)(H,36,42). The van der Waals surface area contributed by atoms with Crippen molar-refractivity contribution in [1.82, 2.24) is 30.1 Å². The molecular weight excluding hydrogens is 551 g/mol. The Morgan fingerprint density at radius 3 is 2.63 bits per heavy atom. The van der Waals surface area contributed by atoms with Crippen LogP contribution >= 0.6 is 0 Å². The Labute approximate surface area is 250 Å². The summed E-state index contributed by atoms with van der Waals surface area (Å²) in [5, 5.41) is 32.7. The van der Waals surface area contributed by atoms with Gasteiger partial charge in [0.25, 0.3) is 5.91 Å². The van der Waals surface area contributed by atoms with Crippen LogP contribution in [0.4, 0.5) is 10.1 Å². The third kappa shape index (κ3) is 7.12. The second kappa shape index (κ2) is 12.7. The van der Waals surface area contributed by atoms with Crippen LogP contribution < -0.4 is 16.0 Å². The van der Waals surface area contributed by atoms with Gasteiger partial charge in [0, 0.05) is 24.7 Å². The van der Waals surface area contributed by atoms with Gasteiger partial charge in [-0.25, -0.2) is 8.91 Å². The molecule has 1 aliphatic heterocycles. The average Bonchev–Trinajstić information content (AvgIpc) is 3.39. The number of nitriles is 1. The molecule has 4 heterocycles. The Bertz CT molecular complexity index is 1510. The molecule has 5 rings (SSSR count). The van der Waals surface area contributed by atoms with E-state index in [4.69, 9.17) is 0 Å². The zero-order chi connectivity index (χ0) is 30.7. The van der Waals surface area contributed by atoms with E-state index in [-0.39, 0.29) is 30.0 Å². The number of alkyl halides is 1. The van der Waals surface area contributed by atoms with Crippen LogP contribution in [0.1, 0.15) is 55.5 Å². The summed E-state index contributed by atoms with van der Waals surface area (Å²) in [6.45, 7) is 4.87. The second-order valence-corrected chi connectivity index (χ2v) is 12.4. The number of hydrogen-bond donors (Lipinski definition) is 4. The third-order valence-corrected chi connectivity index (χ3v) is 8.50. The lowest BCUT2D eigenvalue weighted by Crippen LogP contribution is -2.45. The molecule has 3 aromatic heterocycles. The maximum absolute atomic E-state index is 14.4. The number of anilines is 1. The Hall–Kier alpha value is -4.08. The Morgan fingerprint density at radius 2 is 1.93 bits per heavy atom. The highest BCUT2D eigenvalue weighted by Crippen LogP contribution is 2.33. The van der Waals surface area contributed by atoms with E-state index in [0.717, 1.165) is 44.3 Å². The Morgan fingerprint density at radius 1 is 1.19 bits per heavy atom. The lowest BCUT2D eigenvalue weighted by Gasteiger charge is -2.37. The van der Waals surface area contributed by atoms with Gasteiger partial charge in [0.1, 0.15) is 12.2 Å². The van der Waals surface area contributed by atoms with E-state index in [1.165, 1.54) is 26.2 Å². The van der Waals surface area contributed by atoms with Crippen LogP contribution in [0.3, 0.4) is 0 Å². The molecule has 0 aromatic carbocycles. The number of aliphatic hydroxyl groups is 1. The highest BCUT2D eigenvalue weighted by molar-refractivity contribution is 6.00. The minimum atomic E-state index is -1.64. The summed E-state index contributed by atoms with van der Waals surface area (Å²) in [5.74, 6) is 0.0346. The molecule has 228 valence electrons. The summed E-state index contributed by atoms with van der Waals surface area (Å²) < 4.78 is 16.0. The van der Waals surface area contributed by atoms with Gasteiger partial charge in [-0.15, -0.1) is 0 Å². The minimum absolute atomic E-state index is 0.0768. The molecule has 43 heavy (non-hydrogen) atoms. The second-order valence-electron chi connectivity index (χ2n) is 12.4. The molecule has 0 spiro atoms. The van der Waals surface area contributed by atoms with Crippen molar-refractivity contribution in [2.24, 2.45) is 11.8 Å². The molecule has 1 saturated heterocycles. The number of carbonyl (C=O) groups excluding carboxylic acids is 2. The van der Waals surface area contributed by atoms with Gasteiger partial charge < -0.3 is 26.0 Å². The number of nitrogens with zero attached hydrogens (tertiary/aromatic N) is 5. The van der Waals surface area contributed by atoms with Crippen LogP contribution in [0.15, 0.2) is 36.7 Å². The summed E-state index contributed by atoms with van der Waals surface area (Å²) in [7, 11) is 2.08. The monoisotopic (exact) mass is 590 g/mol. The number of likely N-dealkylation sites (tertiary alicyclic amines) is 1. The number of piperidine rings is 1. The summed E-state index contributed by atoms with van der Waals surface area (Å²) >= 11 is 0. The fourth-order valence-electron chi connectivity index (χ4n) is 5.58. The van der Waals surface area contributed by atoms with Crippen molar-refractivity contribution in [2.45, 2.75) is 57.3 Å². The zero-order valence-electron chi connectivity index (χ0n) is 24.8. The van der Waals surface area contributed by atoms with Gasteiger partial charge in [0.2, 0.25) is 5.91 Å². The number of halogens is 1. The molecule has 1 aliphatic carbocycles. The fourth-order valence-corrected chi connectivity index (χ4v) is 5.58. The summed E-state index contributed by atoms with van der Waals surface area (Å²) in [4.78, 5) is 32.5. The van der Waals surface area contributed by atoms with Gasteiger partial charge in [0.15, 0.2) is 0 Å². The van der Waals surface area contributed by atoms with Crippen LogP contribution in [0, 0.1) is 23.2 Å². The van der Waals surface area contributed by atoms with E-state index in [9.17, 15) is 24.3 Å². The average molecular weight is 591 g/mol. The van der Waals surface area contributed by atoms with Crippen molar-refractivity contribution in [1.29, 1.82) is 5.26 Å². The summed E-state index contributed by atoms with van der Waals surface area (Å²) in [6.07, 6.45) is 4.70. The van der Waals surface area contributed by atoms with E-state index in [1.807, 2.05) is 12.1 Å². The van der Waals surface area contributed by atoms with Crippen molar-refractivity contribution < 1.29 is 19.1 Å². The summed E-state index contributed by atoms with van der Waals surface area (Å²) in [5.41, 5.74) is 1.64. The van der Waals surface area contributed by atoms with Crippen LogP contribution in [-0.2, 0) is 4.79 Å². The van der Waals surface area contributed by atoms with Gasteiger partial charge in [-0.3, -0.25) is 14.6 Å². The molecule has 11 nitrogen and oxygen atoms in total.